The SMILES string of the molecule is O=C(O)c1coc(CSCc2ccc(Cl)cc2)c1. The molecule has 0 aliphatic rings. The van der Waals surface area contributed by atoms with Gasteiger partial charge in [-0.1, -0.05) is 23.7 Å². The summed E-state index contributed by atoms with van der Waals surface area (Å²) >= 11 is 7.46. The van der Waals surface area contributed by atoms with Crippen LogP contribution in [0.3, 0.4) is 0 Å². The Hall–Kier alpha value is -1.39. The van der Waals surface area contributed by atoms with Crippen molar-refractivity contribution in [3.8, 4) is 0 Å². The van der Waals surface area contributed by atoms with Crippen LogP contribution in [0.4, 0.5) is 0 Å². The molecular weight excluding hydrogens is 272 g/mol. The Morgan fingerprint density at radius 3 is 2.61 bits per heavy atom. The first kappa shape index (κ1) is 13.1. The van der Waals surface area contributed by atoms with Gasteiger partial charge in [-0.15, -0.1) is 11.8 Å². The van der Waals surface area contributed by atoms with Crippen LogP contribution >= 0.6 is 23.4 Å². The molecular formula is C13H11ClO3S. The zero-order valence-corrected chi connectivity index (χ0v) is 11.0. The van der Waals surface area contributed by atoms with E-state index < -0.39 is 5.97 Å². The van der Waals surface area contributed by atoms with E-state index in [0.717, 1.165) is 10.8 Å². The fourth-order valence-electron chi connectivity index (χ4n) is 1.42. The number of aromatic carboxylic acids is 1. The number of thioether (sulfide) groups is 1. The Balaban J connectivity index is 1.84. The second kappa shape index (κ2) is 5.98. The van der Waals surface area contributed by atoms with Crippen molar-refractivity contribution in [1.82, 2.24) is 0 Å². The topological polar surface area (TPSA) is 50.4 Å². The van der Waals surface area contributed by atoms with Gasteiger partial charge in [-0.2, -0.15) is 0 Å². The number of furan rings is 1. The molecule has 0 unspecified atom stereocenters. The normalized spacial score (nSPS) is 10.5. The van der Waals surface area contributed by atoms with Gasteiger partial charge >= 0.3 is 5.97 Å². The minimum atomic E-state index is -0.965. The Bertz CT molecular complexity index is 533. The standard InChI is InChI=1S/C13H11ClO3S/c14-11-3-1-9(2-4-11)7-18-8-12-5-10(6-17-12)13(15)16/h1-6H,7-8H2,(H,15,16). The van der Waals surface area contributed by atoms with E-state index in [0.29, 0.717) is 11.5 Å². The lowest BCUT2D eigenvalue weighted by atomic mass is 10.2. The minimum Gasteiger partial charge on any atom is -0.478 e. The molecule has 2 aromatic rings. The molecule has 0 bridgehead atoms. The van der Waals surface area contributed by atoms with E-state index in [1.54, 1.807) is 17.8 Å². The van der Waals surface area contributed by atoms with Gasteiger partial charge in [-0.05, 0) is 23.8 Å². The van der Waals surface area contributed by atoms with E-state index in [-0.39, 0.29) is 5.56 Å². The summed E-state index contributed by atoms with van der Waals surface area (Å²) in [5, 5.41) is 9.47. The van der Waals surface area contributed by atoms with Crippen LogP contribution in [0, 0.1) is 0 Å². The Labute approximate surface area is 114 Å². The minimum absolute atomic E-state index is 0.192. The molecule has 2 rings (SSSR count). The highest BCUT2D eigenvalue weighted by Crippen LogP contribution is 2.20. The fourth-order valence-corrected chi connectivity index (χ4v) is 2.43. The highest BCUT2D eigenvalue weighted by molar-refractivity contribution is 7.97. The van der Waals surface area contributed by atoms with Gasteiger partial charge in [0.25, 0.3) is 0 Å². The van der Waals surface area contributed by atoms with Gasteiger partial charge in [0.05, 0.1) is 11.3 Å². The van der Waals surface area contributed by atoms with E-state index in [1.807, 2.05) is 24.3 Å². The smallest absolute Gasteiger partial charge is 0.338 e. The van der Waals surface area contributed by atoms with Gasteiger partial charge < -0.3 is 9.52 Å². The summed E-state index contributed by atoms with van der Waals surface area (Å²) < 4.78 is 5.16. The third kappa shape index (κ3) is 3.55. The van der Waals surface area contributed by atoms with Crippen LogP contribution in [0.5, 0.6) is 0 Å². The number of rotatable bonds is 5. The largest absolute Gasteiger partial charge is 0.478 e. The van der Waals surface area contributed by atoms with Crippen LogP contribution in [0.2, 0.25) is 5.02 Å². The molecule has 0 aliphatic carbocycles. The molecule has 5 heteroatoms. The van der Waals surface area contributed by atoms with Gasteiger partial charge in [0.15, 0.2) is 0 Å². The van der Waals surface area contributed by atoms with Crippen molar-refractivity contribution >= 4 is 29.3 Å². The van der Waals surface area contributed by atoms with E-state index >= 15 is 0 Å². The van der Waals surface area contributed by atoms with Crippen LogP contribution in [0.15, 0.2) is 41.0 Å². The van der Waals surface area contributed by atoms with Crippen molar-refractivity contribution in [2.24, 2.45) is 0 Å². The summed E-state index contributed by atoms with van der Waals surface area (Å²) in [5.41, 5.74) is 1.37. The van der Waals surface area contributed by atoms with Gasteiger partial charge in [0.2, 0.25) is 0 Å². The predicted molar refractivity (Wildman–Crippen MR) is 72.1 cm³/mol. The Morgan fingerprint density at radius 2 is 2.00 bits per heavy atom. The quantitative estimate of drug-likeness (QED) is 0.898. The van der Waals surface area contributed by atoms with E-state index in [4.69, 9.17) is 21.1 Å². The number of carboxylic acid groups (broad SMARTS) is 1. The Kier molecular flexibility index (Phi) is 4.33. The molecule has 3 nitrogen and oxygen atoms in total. The molecule has 0 amide bonds. The first-order valence-electron chi connectivity index (χ1n) is 5.28. The number of benzene rings is 1. The molecule has 1 aromatic carbocycles. The monoisotopic (exact) mass is 282 g/mol. The van der Waals surface area contributed by atoms with Crippen molar-refractivity contribution < 1.29 is 14.3 Å². The van der Waals surface area contributed by atoms with Crippen LogP contribution < -0.4 is 0 Å². The average Bonchev–Trinajstić information content (AvgIpc) is 2.81. The van der Waals surface area contributed by atoms with Crippen molar-refractivity contribution in [2.75, 3.05) is 0 Å². The molecule has 0 spiro atoms. The van der Waals surface area contributed by atoms with E-state index in [1.165, 1.54) is 11.8 Å². The molecule has 0 radical (unpaired) electrons. The molecule has 18 heavy (non-hydrogen) atoms. The summed E-state index contributed by atoms with van der Waals surface area (Å²) in [4.78, 5) is 10.7. The van der Waals surface area contributed by atoms with Crippen LogP contribution in [-0.4, -0.2) is 11.1 Å². The second-order valence-electron chi connectivity index (χ2n) is 3.73. The summed E-state index contributed by atoms with van der Waals surface area (Å²) in [7, 11) is 0. The first-order chi connectivity index (χ1) is 8.65. The van der Waals surface area contributed by atoms with Crippen LogP contribution in [0.25, 0.3) is 0 Å². The summed E-state index contributed by atoms with van der Waals surface area (Å²) in [5.74, 6) is 1.19. The molecule has 1 heterocycles. The van der Waals surface area contributed by atoms with Crippen LogP contribution in [-0.2, 0) is 11.5 Å². The molecule has 0 saturated heterocycles. The molecule has 0 aliphatic heterocycles. The van der Waals surface area contributed by atoms with Crippen molar-refractivity contribution in [1.29, 1.82) is 0 Å². The lowest BCUT2D eigenvalue weighted by Gasteiger charge is -2.00. The van der Waals surface area contributed by atoms with Crippen molar-refractivity contribution in [3.05, 3.63) is 58.5 Å². The third-order valence-electron chi connectivity index (χ3n) is 2.33. The number of halogens is 1. The summed E-state index contributed by atoms with van der Waals surface area (Å²) in [6.45, 7) is 0. The molecule has 0 fully saturated rings. The fraction of sp³-hybridized carbons (Fsp3) is 0.154. The van der Waals surface area contributed by atoms with Gasteiger partial charge in [-0.3, -0.25) is 0 Å². The number of hydrogen-bond donors (Lipinski definition) is 1. The highest BCUT2D eigenvalue weighted by atomic mass is 35.5. The third-order valence-corrected chi connectivity index (χ3v) is 3.61. The molecule has 1 N–H and O–H groups in total. The first-order valence-corrected chi connectivity index (χ1v) is 6.81. The maximum Gasteiger partial charge on any atom is 0.338 e. The predicted octanol–water partition coefficient (Wildman–Crippen LogP) is 4.06. The lowest BCUT2D eigenvalue weighted by Crippen LogP contribution is -1.91. The molecule has 1 aromatic heterocycles. The number of hydrogen-bond acceptors (Lipinski definition) is 3. The molecule has 0 atom stereocenters. The zero-order valence-electron chi connectivity index (χ0n) is 9.43. The van der Waals surface area contributed by atoms with Crippen molar-refractivity contribution in [2.45, 2.75) is 11.5 Å². The number of carboxylic acids is 1. The van der Waals surface area contributed by atoms with E-state index in [9.17, 15) is 4.79 Å². The van der Waals surface area contributed by atoms with Gasteiger partial charge in [-0.25, -0.2) is 4.79 Å². The molecule has 94 valence electrons. The zero-order chi connectivity index (χ0) is 13.0. The van der Waals surface area contributed by atoms with Gasteiger partial charge in [0, 0.05) is 10.8 Å². The second-order valence-corrected chi connectivity index (χ2v) is 5.15. The average molecular weight is 283 g/mol. The molecule has 0 saturated carbocycles. The maximum absolute atomic E-state index is 10.7. The summed E-state index contributed by atoms with van der Waals surface area (Å²) in [6.07, 6.45) is 1.26. The Morgan fingerprint density at radius 1 is 1.28 bits per heavy atom. The van der Waals surface area contributed by atoms with E-state index in [2.05, 4.69) is 0 Å². The highest BCUT2D eigenvalue weighted by Gasteiger charge is 2.07. The lowest BCUT2D eigenvalue weighted by molar-refractivity contribution is 0.0696. The van der Waals surface area contributed by atoms with Gasteiger partial charge in [0.1, 0.15) is 12.0 Å². The van der Waals surface area contributed by atoms with Crippen molar-refractivity contribution in [3.63, 3.8) is 0 Å². The number of carbonyl (C=O) groups is 1. The maximum atomic E-state index is 10.7. The summed E-state index contributed by atoms with van der Waals surface area (Å²) in [6, 6.07) is 9.21. The van der Waals surface area contributed by atoms with Crippen LogP contribution in [0.1, 0.15) is 21.7 Å².